The molecule has 1 aliphatic heterocycles. The monoisotopic (exact) mass is 218 g/mol. The molecule has 0 radical (unpaired) electrons. The molecule has 2 amide bonds. The van der Waals surface area contributed by atoms with Gasteiger partial charge in [0, 0.05) is 0 Å². The average Bonchev–Trinajstić information content (AvgIpc) is 2.24. The van der Waals surface area contributed by atoms with Crippen LogP contribution in [0.15, 0.2) is 24.3 Å². The Hall–Kier alpha value is -1.68. The fraction of sp³-hybridized carbons (Fsp3) is 0.333. The van der Waals surface area contributed by atoms with Crippen molar-refractivity contribution in [1.82, 2.24) is 10.2 Å². The highest BCUT2D eigenvalue weighted by Crippen LogP contribution is 2.09. The molecule has 1 aromatic carbocycles. The van der Waals surface area contributed by atoms with Gasteiger partial charge in [-0.3, -0.25) is 19.8 Å². The van der Waals surface area contributed by atoms with Crippen molar-refractivity contribution in [1.29, 1.82) is 0 Å². The van der Waals surface area contributed by atoms with Crippen LogP contribution in [0.25, 0.3) is 0 Å². The van der Waals surface area contributed by atoms with Gasteiger partial charge >= 0.3 is 0 Å². The standard InChI is InChI=1S/C12H14N2O2/c1-9-3-2-4-10(5-9)8-14-11(15)6-13-7-12(14)16/h2-5,13H,6-8H2,1H3. The summed E-state index contributed by atoms with van der Waals surface area (Å²) in [6.07, 6.45) is 0. The first-order valence-corrected chi connectivity index (χ1v) is 5.26. The van der Waals surface area contributed by atoms with E-state index < -0.39 is 0 Å². The van der Waals surface area contributed by atoms with Gasteiger partial charge in [-0.2, -0.15) is 0 Å². The van der Waals surface area contributed by atoms with E-state index in [9.17, 15) is 9.59 Å². The summed E-state index contributed by atoms with van der Waals surface area (Å²) >= 11 is 0. The number of carbonyl (C=O) groups excluding carboxylic acids is 2. The fourth-order valence-electron chi connectivity index (χ4n) is 1.78. The van der Waals surface area contributed by atoms with Gasteiger partial charge in [0.05, 0.1) is 19.6 Å². The van der Waals surface area contributed by atoms with Gasteiger partial charge in [-0.25, -0.2) is 0 Å². The lowest BCUT2D eigenvalue weighted by Crippen LogP contribution is -2.51. The van der Waals surface area contributed by atoms with Crippen LogP contribution >= 0.6 is 0 Å². The van der Waals surface area contributed by atoms with Crippen molar-refractivity contribution in [2.24, 2.45) is 0 Å². The number of amides is 2. The smallest absolute Gasteiger partial charge is 0.243 e. The van der Waals surface area contributed by atoms with Crippen LogP contribution in [0.1, 0.15) is 11.1 Å². The molecule has 0 aliphatic carbocycles. The average molecular weight is 218 g/mol. The number of imide groups is 1. The first-order valence-electron chi connectivity index (χ1n) is 5.26. The first-order chi connectivity index (χ1) is 7.66. The zero-order valence-electron chi connectivity index (χ0n) is 9.19. The van der Waals surface area contributed by atoms with E-state index in [1.807, 2.05) is 31.2 Å². The Kier molecular flexibility index (Phi) is 3.01. The predicted molar refractivity (Wildman–Crippen MR) is 59.6 cm³/mol. The number of nitrogens with zero attached hydrogens (tertiary/aromatic N) is 1. The van der Waals surface area contributed by atoms with Crippen LogP contribution in [-0.2, 0) is 16.1 Å². The Morgan fingerprint density at radius 3 is 2.56 bits per heavy atom. The van der Waals surface area contributed by atoms with E-state index in [1.54, 1.807) is 0 Å². The number of nitrogens with one attached hydrogen (secondary N) is 1. The second kappa shape index (κ2) is 4.45. The lowest BCUT2D eigenvalue weighted by Gasteiger charge is -2.25. The SMILES string of the molecule is Cc1cccc(CN2C(=O)CNCC2=O)c1. The van der Waals surface area contributed by atoms with Gasteiger partial charge in [0.25, 0.3) is 0 Å². The van der Waals surface area contributed by atoms with Crippen molar-refractivity contribution in [3.05, 3.63) is 35.4 Å². The molecule has 2 rings (SSSR count). The molecule has 1 heterocycles. The lowest BCUT2D eigenvalue weighted by atomic mass is 10.1. The van der Waals surface area contributed by atoms with Crippen LogP contribution in [0, 0.1) is 6.92 Å². The fourth-order valence-corrected chi connectivity index (χ4v) is 1.78. The molecule has 0 aromatic heterocycles. The van der Waals surface area contributed by atoms with Gasteiger partial charge in [-0.05, 0) is 12.5 Å². The highest BCUT2D eigenvalue weighted by molar-refractivity contribution is 5.99. The zero-order chi connectivity index (χ0) is 11.5. The van der Waals surface area contributed by atoms with Crippen molar-refractivity contribution in [2.45, 2.75) is 13.5 Å². The first kappa shape index (κ1) is 10.8. The van der Waals surface area contributed by atoms with E-state index in [1.165, 1.54) is 4.90 Å². The van der Waals surface area contributed by atoms with Gasteiger partial charge in [-0.15, -0.1) is 0 Å². The molecule has 4 nitrogen and oxygen atoms in total. The van der Waals surface area contributed by atoms with E-state index in [4.69, 9.17) is 0 Å². The molecule has 16 heavy (non-hydrogen) atoms. The van der Waals surface area contributed by atoms with Crippen molar-refractivity contribution >= 4 is 11.8 Å². The predicted octanol–water partition coefficient (Wildman–Crippen LogP) is 0.453. The Labute approximate surface area is 94.2 Å². The lowest BCUT2D eigenvalue weighted by molar-refractivity contribution is -0.147. The highest BCUT2D eigenvalue weighted by atomic mass is 16.2. The van der Waals surface area contributed by atoms with E-state index >= 15 is 0 Å². The number of hydrogen-bond donors (Lipinski definition) is 1. The second-order valence-corrected chi connectivity index (χ2v) is 3.97. The van der Waals surface area contributed by atoms with Gasteiger partial charge in [0.2, 0.25) is 11.8 Å². The molecule has 1 fully saturated rings. The van der Waals surface area contributed by atoms with Crippen molar-refractivity contribution < 1.29 is 9.59 Å². The van der Waals surface area contributed by atoms with E-state index in [2.05, 4.69) is 5.32 Å². The Bertz CT molecular complexity index is 413. The highest BCUT2D eigenvalue weighted by Gasteiger charge is 2.25. The topological polar surface area (TPSA) is 49.4 Å². The van der Waals surface area contributed by atoms with Gasteiger partial charge in [0.1, 0.15) is 0 Å². The maximum atomic E-state index is 11.5. The largest absolute Gasteiger partial charge is 0.300 e. The molecule has 1 aromatic rings. The molecule has 0 unspecified atom stereocenters. The molecular formula is C12H14N2O2. The summed E-state index contributed by atoms with van der Waals surface area (Å²) < 4.78 is 0. The third-order valence-electron chi connectivity index (χ3n) is 2.58. The van der Waals surface area contributed by atoms with Crippen molar-refractivity contribution in [3.63, 3.8) is 0 Å². The van der Waals surface area contributed by atoms with Crippen LogP contribution in [0.3, 0.4) is 0 Å². The summed E-state index contributed by atoms with van der Waals surface area (Å²) in [5.41, 5.74) is 2.12. The number of piperazine rings is 1. The summed E-state index contributed by atoms with van der Waals surface area (Å²) in [5, 5.41) is 2.77. The normalized spacial score (nSPS) is 16.7. The summed E-state index contributed by atoms with van der Waals surface area (Å²) in [7, 11) is 0. The molecular weight excluding hydrogens is 204 g/mol. The van der Waals surface area contributed by atoms with Crippen LogP contribution in [0.5, 0.6) is 0 Å². The van der Waals surface area contributed by atoms with Gasteiger partial charge < -0.3 is 0 Å². The molecule has 0 saturated carbocycles. The van der Waals surface area contributed by atoms with Crippen LogP contribution in [0.2, 0.25) is 0 Å². The molecule has 84 valence electrons. The zero-order valence-corrected chi connectivity index (χ0v) is 9.19. The third-order valence-corrected chi connectivity index (χ3v) is 2.58. The van der Waals surface area contributed by atoms with Crippen LogP contribution in [0.4, 0.5) is 0 Å². The minimum atomic E-state index is -0.155. The van der Waals surface area contributed by atoms with E-state index in [0.717, 1.165) is 11.1 Å². The van der Waals surface area contributed by atoms with Crippen molar-refractivity contribution in [2.75, 3.05) is 13.1 Å². The minimum absolute atomic E-state index is 0.155. The Morgan fingerprint density at radius 1 is 1.25 bits per heavy atom. The van der Waals surface area contributed by atoms with Crippen LogP contribution in [-0.4, -0.2) is 29.8 Å². The number of rotatable bonds is 2. The van der Waals surface area contributed by atoms with Gasteiger partial charge in [-0.1, -0.05) is 29.8 Å². The number of aryl methyl sites for hydroxylation is 1. The molecule has 1 aliphatic rings. The van der Waals surface area contributed by atoms with Gasteiger partial charge in [0.15, 0.2) is 0 Å². The third kappa shape index (κ3) is 2.28. The maximum Gasteiger partial charge on any atom is 0.243 e. The molecule has 1 N–H and O–H groups in total. The maximum absolute atomic E-state index is 11.5. The summed E-state index contributed by atoms with van der Waals surface area (Å²) in [6.45, 7) is 2.86. The molecule has 1 saturated heterocycles. The summed E-state index contributed by atoms with van der Waals surface area (Å²) in [5.74, 6) is -0.310. The molecule has 0 atom stereocenters. The number of benzene rings is 1. The van der Waals surface area contributed by atoms with E-state index in [0.29, 0.717) is 6.54 Å². The quantitative estimate of drug-likeness (QED) is 0.733. The minimum Gasteiger partial charge on any atom is -0.300 e. The van der Waals surface area contributed by atoms with Crippen molar-refractivity contribution in [3.8, 4) is 0 Å². The number of hydrogen-bond acceptors (Lipinski definition) is 3. The Morgan fingerprint density at radius 2 is 1.94 bits per heavy atom. The van der Waals surface area contributed by atoms with Crippen LogP contribution < -0.4 is 5.32 Å². The summed E-state index contributed by atoms with van der Waals surface area (Å²) in [4.78, 5) is 24.4. The molecule has 0 spiro atoms. The second-order valence-electron chi connectivity index (χ2n) is 3.97. The Balaban J connectivity index is 2.13. The molecule has 0 bridgehead atoms. The molecule has 4 heteroatoms. The summed E-state index contributed by atoms with van der Waals surface area (Å²) in [6, 6.07) is 7.84. The number of carbonyl (C=O) groups is 2. The van der Waals surface area contributed by atoms with E-state index in [-0.39, 0.29) is 24.9 Å².